The maximum absolute atomic E-state index is 12.5. The Bertz CT molecular complexity index is 711. The maximum atomic E-state index is 12.5. The summed E-state index contributed by atoms with van der Waals surface area (Å²) in [6.07, 6.45) is 10.3. The van der Waals surface area contributed by atoms with Crippen molar-refractivity contribution in [1.29, 1.82) is 0 Å². The standard InChI is InChI=1S/C20H24N4O/c25-19-12-20(16-24(19)15-18-2-1-7-22-13-18)5-10-23(11-6-20)14-17-3-8-21-9-4-17/h1-4,7-9,13H,5-6,10-12,14-16H2. The number of amides is 1. The third kappa shape index (κ3) is 3.71. The summed E-state index contributed by atoms with van der Waals surface area (Å²) in [5, 5.41) is 0. The smallest absolute Gasteiger partial charge is 0.223 e. The monoisotopic (exact) mass is 336 g/mol. The van der Waals surface area contributed by atoms with Crippen LogP contribution in [0.25, 0.3) is 0 Å². The number of pyridine rings is 2. The number of piperidine rings is 1. The van der Waals surface area contributed by atoms with Crippen LogP contribution in [-0.2, 0) is 17.9 Å². The predicted octanol–water partition coefficient (Wildman–Crippen LogP) is 2.49. The van der Waals surface area contributed by atoms with Crippen molar-refractivity contribution in [1.82, 2.24) is 19.8 Å². The van der Waals surface area contributed by atoms with E-state index in [1.54, 1.807) is 6.20 Å². The molecule has 2 aliphatic rings. The number of carbonyl (C=O) groups is 1. The van der Waals surface area contributed by atoms with Crippen molar-refractivity contribution in [3.8, 4) is 0 Å². The lowest BCUT2D eigenvalue weighted by molar-refractivity contribution is -0.128. The van der Waals surface area contributed by atoms with Crippen LogP contribution in [0.2, 0.25) is 0 Å². The molecule has 2 saturated heterocycles. The second-order valence-corrected chi connectivity index (χ2v) is 7.42. The van der Waals surface area contributed by atoms with Gasteiger partial charge in [-0.25, -0.2) is 0 Å². The van der Waals surface area contributed by atoms with Gasteiger partial charge in [0, 0.05) is 50.8 Å². The van der Waals surface area contributed by atoms with E-state index in [0.29, 0.717) is 18.9 Å². The van der Waals surface area contributed by atoms with E-state index >= 15 is 0 Å². The Kier molecular flexibility index (Phi) is 4.49. The first-order valence-electron chi connectivity index (χ1n) is 9.00. The first-order valence-corrected chi connectivity index (χ1v) is 9.00. The summed E-state index contributed by atoms with van der Waals surface area (Å²) < 4.78 is 0. The van der Waals surface area contributed by atoms with E-state index in [0.717, 1.165) is 44.6 Å². The molecule has 0 atom stereocenters. The van der Waals surface area contributed by atoms with Gasteiger partial charge in [-0.2, -0.15) is 0 Å². The van der Waals surface area contributed by atoms with Crippen LogP contribution in [0.3, 0.4) is 0 Å². The Morgan fingerprint density at radius 3 is 2.48 bits per heavy atom. The fraction of sp³-hybridized carbons (Fsp3) is 0.450. The van der Waals surface area contributed by atoms with E-state index in [1.165, 1.54) is 5.56 Å². The van der Waals surface area contributed by atoms with Gasteiger partial charge >= 0.3 is 0 Å². The zero-order valence-electron chi connectivity index (χ0n) is 14.5. The zero-order valence-corrected chi connectivity index (χ0v) is 14.5. The molecule has 0 radical (unpaired) electrons. The molecule has 0 bridgehead atoms. The van der Waals surface area contributed by atoms with Crippen LogP contribution in [-0.4, -0.2) is 45.3 Å². The molecule has 1 amide bonds. The van der Waals surface area contributed by atoms with Gasteiger partial charge in [0.15, 0.2) is 0 Å². The van der Waals surface area contributed by atoms with Gasteiger partial charge in [-0.05, 0) is 60.7 Å². The van der Waals surface area contributed by atoms with Gasteiger partial charge in [0.1, 0.15) is 0 Å². The molecule has 0 unspecified atom stereocenters. The molecule has 5 nitrogen and oxygen atoms in total. The van der Waals surface area contributed by atoms with Gasteiger partial charge in [-0.15, -0.1) is 0 Å². The molecular weight excluding hydrogens is 312 g/mol. The first-order chi connectivity index (χ1) is 12.2. The summed E-state index contributed by atoms with van der Waals surface area (Å²) in [7, 11) is 0. The van der Waals surface area contributed by atoms with Crippen molar-refractivity contribution in [3.63, 3.8) is 0 Å². The normalized spacial score (nSPS) is 20.3. The lowest BCUT2D eigenvalue weighted by Gasteiger charge is -2.38. The van der Waals surface area contributed by atoms with Crippen molar-refractivity contribution in [3.05, 3.63) is 60.2 Å². The largest absolute Gasteiger partial charge is 0.338 e. The summed E-state index contributed by atoms with van der Waals surface area (Å²) in [4.78, 5) is 25.3. The van der Waals surface area contributed by atoms with E-state index in [9.17, 15) is 4.79 Å². The Hall–Kier alpha value is -2.27. The van der Waals surface area contributed by atoms with Gasteiger partial charge in [-0.3, -0.25) is 19.7 Å². The summed E-state index contributed by atoms with van der Waals surface area (Å²) >= 11 is 0. The van der Waals surface area contributed by atoms with Crippen molar-refractivity contribution in [2.75, 3.05) is 19.6 Å². The molecule has 0 saturated carbocycles. The molecule has 0 N–H and O–H groups in total. The second kappa shape index (κ2) is 6.92. The third-order valence-corrected chi connectivity index (χ3v) is 5.57. The van der Waals surface area contributed by atoms with Crippen LogP contribution in [0.1, 0.15) is 30.4 Å². The Balaban J connectivity index is 1.34. The lowest BCUT2D eigenvalue weighted by Crippen LogP contribution is -2.41. The van der Waals surface area contributed by atoms with E-state index < -0.39 is 0 Å². The molecule has 1 spiro atoms. The second-order valence-electron chi connectivity index (χ2n) is 7.42. The van der Waals surface area contributed by atoms with Crippen LogP contribution >= 0.6 is 0 Å². The number of likely N-dealkylation sites (tertiary alicyclic amines) is 2. The van der Waals surface area contributed by atoms with E-state index in [2.05, 4.69) is 27.0 Å². The van der Waals surface area contributed by atoms with Crippen molar-refractivity contribution in [2.45, 2.75) is 32.4 Å². The summed E-state index contributed by atoms with van der Waals surface area (Å²) in [5.74, 6) is 0.298. The van der Waals surface area contributed by atoms with Gasteiger partial charge < -0.3 is 4.90 Å². The van der Waals surface area contributed by atoms with Gasteiger partial charge in [0.2, 0.25) is 5.91 Å². The minimum atomic E-state index is 0.175. The minimum Gasteiger partial charge on any atom is -0.338 e. The highest BCUT2D eigenvalue weighted by Crippen LogP contribution is 2.41. The molecule has 4 heterocycles. The van der Waals surface area contributed by atoms with Crippen molar-refractivity contribution < 1.29 is 4.79 Å². The molecule has 4 rings (SSSR count). The third-order valence-electron chi connectivity index (χ3n) is 5.57. The van der Waals surface area contributed by atoms with Crippen molar-refractivity contribution >= 4 is 5.91 Å². The molecule has 2 fully saturated rings. The highest BCUT2D eigenvalue weighted by atomic mass is 16.2. The zero-order chi connectivity index (χ0) is 17.1. The summed E-state index contributed by atoms with van der Waals surface area (Å²) in [6.45, 7) is 4.69. The highest BCUT2D eigenvalue weighted by Gasteiger charge is 2.44. The molecular formula is C20H24N4O. The van der Waals surface area contributed by atoms with Gasteiger partial charge in [0.05, 0.1) is 0 Å². The molecule has 2 aromatic heterocycles. The Labute approximate surface area is 148 Å². The van der Waals surface area contributed by atoms with Crippen LogP contribution in [0.4, 0.5) is 0 Å². The van der Waals surface area contributed by atoms with E-state index in [-0.39, 0.29) is 5.41 Å². The van der Waals surface area contributed by atoms with Crippen LogP contribution in [0.15, 0.2) is 49.1 Å². The lowest BCUT2D eigenvalue weighted by atomic mass is 9.77. The van der Waals surface area contributed by atoms with Crippen LogP contribution in [0.5, 0.6) is 0 Å². The predicted molar refractivity (Wildman–Crippen MR) is 95.5 cm³/mol. The van der Waals surface area contributed by atoms with Crippen LogP contribution < -0.4 is 0 Å². The minimum absolute atomic E-state index is 0.175. The number of rotatable bonds is 4. The summed E-state index contributed by atoms with van der Waals surface area (Å²) in [6, 6.07) is 8.14. The average Bonchev–Trinajstić information content (AvgIpc) is 2.94. The fourth-order valence-electron chi connectivity index (χ4n) is 4.10. The maximum Gasteiger partial charge on any atom is 0.223 e. The molecule has 2 aliphatic heterocycles. The van der Waals surface area contributed by atoms with E-state index in [4.69, 9.17) is 0 Å². The molecule has 25 heavy (non-hydrogen) atoms. The van der Waals surface area contributed by atoms with Crippen LogP contribution in [0, 0.1) is 5.41 Å². The number of carbonyl (C=O) groups excluding carboxylic acids is 1. The number of hydrogen-bond donors (Lipinski definition) is 0. The van der Waals surface area contributed by atoms with Gasteiger partial charge in [0.25, 0.3) is 0 Å². The Morgan fingerprint density at radius 1 is 0.960 bits per heavy atom. The molecule has 130 valence electrons. The Morgan fingerprint density at radius 2 is 1.76 bits per heavy atom. The van der Waals surface area contributed by atoms with Crippen molar-refractivity contribution in [2.24, 2.45) is 5.41 Å². The number of nitrogens with zero attached hydrogens (tertiary/aromatic N) is 4. The average molecular weight is 336 g/mol. The number of hydrogen-bond acceptors (Lipinski definition) is 4. The fourth-order valence-corrected chi connectivity index (χ4v) is 4.10. The van der Waals surface area contributed by atoms with E-state index in [1.807, 2.05) is 35.6 Å². The van der Waals surface area contributed by atoms with Gasteiger partial charge in [-0.1, -0.05) is 6.07 Å². The topological polar surface area (TPSA) is 49.3 Å². The quantitative estimate of drug-likeness (QED) is 0.861. The first kappa shape index (κ1) is 16.2. The molecule has 2 aromatic rings. The SMILES string of the molecule is O=C1CC2(CCN(Cc3ccncc3)CC2)CN1Cc1cccnc1. The molecule has 0 aliphatic carbocycles. The number of aromatic nitrogens is 2. The summed E-state index contributed by atoms with van der Waals surface area (Å²) in [5.41, 5.74) is 2.60. The highest BCUT2D eigenvalue weighted by molar-refractivity contribution is 5.79. The molecule has 5 heteroatoms. The molecule has 0 aromatic carbocycles.